The van der Waals surface area contributed by atoms with Crippen LogP contribution in [0.15, 0.2) is 24.3 Å². The van der Waals surface area contributed by atoms with Crippen molar-refractivity contribution in [1.82, 2.24) is 15.1 Å². The molecule has 1 aromatic carbocycles. The minimum Gasteiger partial charge on any atom is -0.385 e. The van der Waals surface area contributed by atoms with Crippen molar-refractivity contribution < 1.29 is 4.79 Å². The average Bonchev–Trinajstić information content (AvgIpc) is 2.90. The molecule has 2 fully saturated rings. The molecule has 2 atom stereocenters. The van der Waals surface area contributed by atoms with E-state index in [0.29, 0.717) is 24.2 Å². The van der Waals surface area contributed by atoms with Crippen LogP contribution in [0, 0.1) is 11.3 Å². The molecule has 2 amide bonds. The van der Waals surface area contributed by atoms with Gasteiger partial charge >= 0.3 is 6.03 Å². The number of piperazine rings is 1. The Bertz CT molecular complexity index is 610. The molecule has 1 aromatic rings. The first-order valence-electron chi connectivity index (χ1n) is 9.23. The molecule has 0 spiro atoms. The zero-order valence-corrected chi connectivity index (χ0v) is 14.9. The Morgan fingerprint density at radius 3 is 2.52 bits per heavy atom. The van der Waals surface area contributed by atoms with Gasteiger partial charge in [0.05, 0.1) is 11.6 Å². The second-order valence-electron chi connectivity index (χ2n) is 6.86. The van der Waals surface area contributed by atoms with Crippen molar-refractivity contribution >= 4 is 11.7 Å². The monoisotopic (exact) mass is 341 g/mol. The summed E-state index contributed by atoms with van der Waals surface area (Å²) in [5.74, 6) is 0. The maximum absolute atomic E-state index is 12.2. The van der Waals surface area contributed by atoms with Gasteiger partial charge in [-0.3, -0.25) is 4.90 Å². The van der Waals surface area contributed by atoms with Crippen molar-refractivity contribution in [2.24, 2.45) is 0 Å². The smallest absolute Gasteiger partial charge is 0.317 e. The maximum Gasteiger partial charge on any atom is 0.317 e. The second kappa shape index (κ2) is 8.21. The van der Waals surface area contributed by atoms with Gasteiger partial charge in [0.25, 0.3) is 0 Å². The molecule has 0 aromatic heterocycles. The molecule has 3 rings (SSSR count). The lowest BCUT2D eigenvalue weighted by Gasteiger charge is -2.41. The maximum atomic E-state index is 12.2. The van der Waals surface area contributed by atoms with Gasteiger partial charge in [0, 0.05) is 44.0 Å². The topological polar surface area (TPSA) is 71.4 Å². The number of likely N-dealkylation sites (tertiary alicyclic amines) is 1. The molecule has 0 radical (unpaired) electrons. The number of urea groups is 1. The molecule has 2 saturated heterocycles. The summed E-state index contributed by atoms with van der Waals surface area (Å²) in [6.07, 6.45) is 3.32. The van der Waals surface area contributed by atoms with Crippen molar-refractivity contribution in [2.45, 2.75) is 38.3 Å². The van der Waals surface area contributed by atoms with Crippen LogP contribution >= 0.6 is 0 Å². The Kier molecular flexibility index (Phi) is 5.77. The van der Waals surface area contributed by atoms with Gasteiger partial charge in [-0.2, -0.15) is 5.26 Å². The number of carbonyl (C=O) groups is 1. The van der Waals surface area contributed by atoms with Crippen molar-refractivity contribution in [2.75, 3.05) is 38.0 Å². The van der Waals surface area contributed by atoms with Crippen molar-refractivity contribution in [3.05, 3.63) is 29.8 Å². The number of nitrogens with zero attached hydrogens (tertiary/aromatic N) is 3. The Morgan fingerprint density at radius 1 is 1.24 bits per heavy atom. The summed E-state index contributed by atoms with van der Waals surface area (Å²) in [7, 11) is 0. The molecule has 0 saturated carbocycles. The lowest BCUT2D eigenvalue weighted by atomic mass is 10.2. The summed E-state index contributed by atoms with van der Waals surface area (Å²) in [5, 5.41) is 15.2. The van der Waals surface area contributed by atoms with Crippen LogP contribution in [0.4, 0.5) is 10.5 Å². The zero-order chi connectivity index (χ0) is 17.6. The highest BCUT2D eigenvalue weighted by atomic mass is 16.2. The van der Waals surface area contributed by atoms with Gasteiger partial charge in [0.2, 0.25) is 0 Å². The number of benzene rings is 1. The van der Waals surface area contributed by atoms with Crippen LogP contribution in [0.2, 0.25) is 0 Å². The highest BCUT2D eigenvalue weighted by Gasteiger charge is 2.42. The third kappa shape index (κ3) is 4.23. The summed E-state index contributed by atoms with van der Waals surface area (Å²) in [5.41, 5.74) is 1.74. The number of rotatable bonds is 6. The molecule has 2 bridgehead atoms. The standard InChI is InChI=1S/C19H27N5O/c1-2-21-19(25)24-17-8-9-18(24)14-23(13-17)11-3-10-22-16-6-4-15(12-20)5-7-16/h4-7,17-18,22H,2-3,8-11,13-14H2,1H3,(H,21,25). The van der Waals surface area contributed by atoms with E-state index in [1.165, 1.54) is 0 Å². The van der Waals surface area contributed by atoms with E-state index in [1.54, 1.807) is 0 Å². The predicted octanol–water partition coefficient (Wildman–Crippen LogP) is 2.24. The van der Waals surface area contributed by atoms with Gasteiger partial charge in [-0.25, -0.2) is 4.79 Å². The molecule has 2 unspecified atom stereocenters. The van der Waals surface area contributed by atoms with Crippen LogP contribution in [0.3, 0.4) is 0 Å². The van der Waals surface area contributed by atoms with E-state index in [-0.39, 0.29) is 6.03 Å². The molecule has 0 aliphatic carbocycles. The van der Waals surface area contributed by atoms with E-state index in [0.717, 1.165) is 51.1 Å². The molecular weight excluding hydrogens is 314 g/mol. The SMILES string of the molecule is CCNC(=O)N1C2CCC1CN(CCCNc1ccc(C#N)cc1)C2. The molecule has 2 aliphatic heterocycles. The molecule has 6 heteroatoms. The van der Waals surface area contributed by atoms with Crippen LogP contribution < -0.4 is 10.6 Å². The van der Waals surface area contributed by atoms with Crippen molar-refractivity contribution in [3.63, 3.8) is 0 Å². The first-order valence-corrected chi connectivity index (χ1v) is 9.23. The van der Waals surface area contributed by atoms with E-state index in [1.807, 2.05) is 31.2 Å². The first-order chi connectivity index (χ1) is 12.2. The van der Waals surface area contributed by atoms with E-state index < -0.39 is 0 Å². The summed E-state index contributed by atoms with van der Waals surface area (Å²) in [6.45, 7) is 6.61. The summed E-state index contributed by atoms with van der Waals surface area (Å²) in [6, 6.07) is 10.5. The second-order valence-corrected chi connectivity index (χ2v) is 6.86. The molecular formula is C19H27N5O. The lowest BCUT2D eigenvalue weighted by Crippen LogP contribution is -2.58. The van der Waals surface area contributed by atoms with E-state index in [9.17, 15) is 4.79 Å². The number of hydrogen-bond acceptors (Lipinski definition) is 4. The van der Waals surface area contributed by atoms with Gasteiger partial charge in [-0.05, 0) is 57.0 Å². The normalized spacial score (nSPS) is 22.5. The number of carbonyl (C=O) groups excluding carboxylic acids is 1. The number of anilines is 1. The molecule has 134 valence electrons. The number of nitriles is 1. The van der Waals surface area contributed by atoms with Crippen LogP contribution in [-0.2, 0) is 0 Å². The fourth-order valence-electron chi connectivity index (χ4n) is 3.94. The van der Waals surface area contributed by atoms with Crippen LogP contribution in [0.25, 0.3) is 0 Å². The van der Waals surface area contributed by atoms with Gasteiger partial charge in [-0.1, -0.05) is 0 Å². The quantitative estimate of drug-likeness (QED) is 0.779. The van der Waals surface area contributed by atoms with E-state index in [4.69, 9.17) is 5.26 Å². The Labute approximate surface area is 149 Å². The fraction of sp³-hybridized carbons (Fsp3) is 0.579. The third-order valence-electron chi connectivity index (χ3n) is 5.11. The number of amides is 2. The first kappa shape index (κ1) is 17.6. The lowest BCUT2D eigenvalue weighted by molar-refractivity contribution is 0.0883. The predicted molar refractivity (Wildman–Crippen MR) is 98.4 cm³/mol. The highest BCUT2D eigenvalue weighted by Crippen LogP contribution is 2.30. The number of nitrogens with one attached hydrogen (secondary N) is 2. The number of fused-ring (bicyclic) bond motifs is 2. The van der Waals surface area contributed by atoms with Crippen LogP contribution in [0.1, 0.15) is 31.7 Å². The minimum atomic E-state index is 0.108. The summed E-state index contributed by atoms with van der Waals surface area (Å²) < 4.78 is 0. The average molecular weight is 341 g/mol. The van der Waals surface area contributed by atoms with Crippen LogP contribution in [0.5, 0.6) is 0 Å². The molecule has 2 aliphatic rings. The molecule has 2 heterocycles. The third-order valence-corrected chi connectivity index (χ3v) is 5.11. The minimum absolute atomic E-state index is 0.108. The Morgan fingerprint density at radius 2 is 1.92 bits per heavy atom. The van der Waals surface area contributed by atoms with Gasteiger partial charge in [0.1, 0.15) is 0 Å². The number of hydrogen-bond donors (Lipinski definition) is 2. The summed E-state index contributed by atoms with van der Waals surface area (Å²) >= 11 is 0. The molecule has 6 nitrogen and oxygen atoms in total. The van der Waals surface area contributed by atoms with Crippen molar-refractivity contribution in [1.29, 1.82) is 5.26 Å². The van der Waals surface area contributed by atoms with Crippen molar-refractivity contribution in [3.8, 4) is 6.07 Å². The van der Waals surface area contributed by atoms with Gasteiger partial charge in [0.15, 0.2) is 0 Å². The van der Waals surface area contributed by atoms with E-state index in [2.05, 4.69) is 26.5 Å². The molecule has 25 heavy (non-hydrogen) atoms. The molecule has 2 N–H and O–H groups in total. The Balaban J connectivity index is 1.40. The van der Waals surface area contributed by atoms with Gasteiger partial charge in [-0.15, -0.1) is 0 Å². The van der Waals surface area contributed by atoms with E-state index >= 15 is 0 Å². The van der Waals surface area contributed by atoms with Crippen LogP contribution in [-0.4, -0.2) is 60.6 Å². The largest absolute Gasteiger partial charge is 0.385 e. The summed E-state index contributed by atoms with van der Waals surface area (Å²) in [4.78, 5) is 16.8. The Hall–Kier alpha value is -2.26. The van der Waals surface area contributed by atoms with Gasteiger partial charge < -0.3 is 15.5 Å². The highest BCUT2D eigenvalue weighted by molar-refractivity contribution is 5.75. The zero-order valence-electron chi connectivity index (χ0n) is 14.9. The fourth-order valence-corrected chi connectivity index (χ4v) is 3.94.